The molecule has 0 amide bonds. The lowest BCUT2D eigenvalue weighted by molar-refractivity contribution is 0.437. The first kappa shape index (κ1) is 12.6. The molecule has 0 radical (unpaired) electrons. The fraction of sp³-hybridized carbons (Fsp3) is 0.333. The molecule has 16 heavy (non-hydrogen) atoms. The Balaban J connectivity index is 2.81. The van der Waals surface area contributed by atoms with Crippen molar-refractivity contribution in [1.82, 2.24) is 4.90 Å². The zero-order chi connectivity index (χ0) is 12.0. The predicted octanol–water partition coefficient (Wildman–Crippen LogP) is 2.08. The summed E-state index contributed by atoms with van der Waals surface area (Å²) in [5.74, 6) is 0.913. The Morgan fingerprint density at radius 2 is 2.00 bits per heavy atom. The van der Waals surface area contributed by atoms with Gasteiger partial charge in [0.2, 0.25) is 0 Å². The van der Waals surface area contributed by atoms with Crippen LogP contribution in [0.3, 0.4) is 0 Å². The van der Waals surface area contributed by atoms with Crippen molar-refractivity contribution in [2.24, 2.45) is 0 Å². The Kier molecular flexibility index (Phi) is 4.85. The van der Waals surface area contributed by atoms with Gasteiger partial charge >= 0.3 is 0 Å². The van der Waals surface area contributed by atoms with Gasteiger partial charge in [-0.15, -0.1) is 11.8 Å². The maximum atomic E-state index is 9.01. The van der Waals surface area contributed by atoms with Crippen LogP contribution in [0.25, 0.3) is 0 Å². The molecule has 0 unspecified atom stereocenters. The molecular formula is C12H13N3S. The molecule has 82 valence electrons. The van der Waals surface area contributed by atoms with E-state index in [4.69, 9.17) is 10.5 Å². The fourth-order valence-electron chi connectivity index (χ4n) is 1.20. The largest absolute Gasteiger partial charge is 0.309 e. The number of nitriles is 2. The Labute approximate surface area is 100 Å². The van der Waals surface area contributed by atoms with Crippen LogP contribution in [0, 0.1) is 22.7 Å². The third-order valence-electron chi connectivity index (χ3n) is 2.05. The Morgan fingerprint density at radius 3 is 2.56 bits per heavy atom. The summed E-state index contributed by atoms with van der Waals surface area (Å²) in [5, 5.41) is 17.9. The second kappa shape index (κ2) is 6.17. The first-order chi connectivity index (χ1) is 7.69. The average Bonchev–Trinajstić information content (AvgIpc) is 2.28. The lowest BCUT2D eigenvalue weighted by atomic mass is 10.1. The average molecular weight is 231 g/mol. The van der Waals surface area contributed by atoms with Crippen LogP contribution in [0.1, 0.15) is 11.1 Å². The van der Waals surface area contributed by atoms with Crippen molar-refractivity contribution in [3.05, 3.63) is 29.3 Å². The smallest absolute Gasteiger partial charge is 0.102 e. The summed E-state index contributed by atoms with van der Waals surface area (Å²) < 4.78 is 0. The van der Waals surface area contributed by atoms with Gasteiger partial charge in [-0.3, -0.25) is 0 Å². The molecule has 4 heteroatoms. The molecule has 0 atom stereocenters. The third kappa shape index (κ3) is 3.27. The van der Waals surface area contributed by atoms with Crippen molar-refractivity contribution in [3.63, 3.8) is 0 Å². The zero-order valence-electron chi connectivity index (χ0n) is 9.40. The van der Waals surface area contributed by atoms with E-state index < -0.39 is 0 Å². The van der Waals surface area contributed by atoms with Crippen LogP contribution in [0.5, 0.6) is 0 Å². The summed E-state index contributed by atoms with van der Waals surface area (Å²) in [6.45, 7) is 0.951. The van der Waals surface area contributed by atoms with Gasteiger partial charge in [-0.05, 0) is 26.2 Å². The maximum absolute atomic E-state index is 9.01. The van der Waals surface area contributed by atoms with Gasteiger partial charge in [0, 0.05) is 17.2 Å². The number of thioether (sulfide) groups is 1. The monoisotopic (exact) mass is 231 g/mol. The van der Waals surface area contributed by atoms with E-state index in [9.17, 15) is 0 Å². The van der Waals surface area contributed by atoms with Crippen molar-refractivity contribution in [2.75, 3.05) is 26.4 Å². The lowest BCUT2D eigenvalue weighted by Crippen LogP contribution is -2.14. The Hall–Kier alpha value is -1.49. The summed E-state index contributed by atoms with van der Waals surface area (Å²) >= 11 is 1.61. The standard InChI is InChI=1S/C12H13N3S/c1-15(2)6-7-16-12-5-3-4-10(8-13)11(12)9-14/h3-5H,6-7H2,1-2H3. The van der Waals surface area contributed by atoms with E-state index in [1.54, 1.807) is 17.8 Å². The summed E-state index contributed by atoms with van der Waals surface area (Å²) in [6.07, 6.45) is 0. The normalized spacial score (nSPS) is 9.81. The number of hydrogen-bond donors (Lipinski definition) is 0. The van der Waals surface area contributed by atoms with Gasteiger partial charge in [-0.2, -0.15) is 10.5 Å². The molecule has 0 fully saturated rings. The van der Waals surface area contributed by atoms with Gasteiger partial charge in [0.05, 0.1) is 11.1 Å². The van der Waals surface area contributed by atoms with E-state index in [2.05, 4.69) is 11.0 Å². The van der Waals surface area contributed by atoms with E-state index in [0.29, 0.717) is 11.1 Å². The second-order valence-electron chi connectivity index (χ2n) is 3.55. The summed E-state index contributed by atoms with van der Waals surface area (Å²) in [7, 11) is 4.02. The minimum atomic E-state index is 0.456. The minimum absolute atomic E-state index is 0.456. The third-order valence-corrected chi connectivity index (χ3v) is 3.09. The van der Waals surface area contributed by atoms with Gasteiger partial charge in [0.25, 0.3) is 0 Å². The molecule has 1 aromatic carbocycles. The maximum Gasteiger partial charge on any atom is 0.102 e. The highest BCUT2D eigenvalue weighted by molar-refractivity contribution is 7.99. The van der Waals surface area contributed by atoms with Crippen LogP contribution in [-0.2, 0) is 0 Å². The highest BCUT2D eigenvalue weighted by Gasteiger charge is 2.07. The number of rotatable bonds is 4. The van der Waals surface area contributed by atoms with E-state index in [1.165, 1.54) is 0 Å². The molecule has 1 aromatic rings. The molecule has 0 aromatic heterocycles. The van der Waals surface area contributed by atoms with Crippen molar-refractivity contribution in [3.8, 4) is 12.1 Å². The second-order valence-corrected chi connectivity index (χ2v) is 4.69. The van der Waals surface area contributed by atoms with Gasteiger partial charge in [-0.1, -0.05) is 6.07 Å². The Bertz CT molecular complexity index is 441. The Morgan fingerprint density at radius 1 is 1.25 bits per heavy atom. The molecule has 0 N–H and O–H groups in total. The quantitative estimate of drug-likeness (QED) is 0.744. The first-order valence-corrected chi connectivity index (χ1v) is 5.88. The van der Waals surface area contributed by atoms with Gasteiger partial charge in [0.15, 0.2) is 0 Å². The topological polar surface area (TPSA) is 50.8 Å². The summed E-state index contributed by atoms with van der Waals surface area (Å²) in [5.41, 5.74) is 0.950. The van der Waals surface area contributed by atoms with E-state index in [0.717, 1.165) is 17.2 Å². The number of benzene rings is 1. The SMILES string of the molecule is CN(C)CCSc1cccc(C#N)c1C#N. The molecule has 0 bridgehead atoms. The number of hydrogen-bond acceptors (Lipinski definition) is 4. The molecular weight excluding hydrogens is 218 g/mol. The molecule has 0 aliphatic heterocycles. The molecule has 0 aliphatic carbocycles. The van der Waals surface area contributed by atoms with Gasteiger partial charge in [0.1, 0.15) is 12.1 Å². The van der Waals surface area contributed by atoms with Crippen LogP contribution < -0.4 is 0 Å². The van der Waals surface area contributed by atoms with Crippen molar-refractivity contribution >= 4 is 11.8 Å². The first-order valence-electron chi connectivity index (χ1n) is 4.89. The molecule has 0 saturated heterocycles. The number of nitrogens with zero attached hydrogens (tertiary/aromatic N) is 3. The lowest BCUT2D eigenvalue weighted by Gasteiger charge is -2.09. The zero-order valence-corrected chi connectivity index (χ0v) is 10.2. The van der Waals surface area contributed by atoms with E-state index >= 15 is 0 Å². The molecule has 0 heterocycles. The van der Waals surface area contributed by atoms with Gasteiger partial charge in [-0.25, -0.2) is 0 Å². The fourth-order valence-corrected chi connectivity index (χ4v) is 2.35. The van der Waals surface area contributed by atoms with Crippen LogP contribution in [0.4, 0.5) is 0 Å². The minimum Gasteiger partial charge on any atom is -0.309 e. The molecule has 1 rings (SSSR count). The van der Waals surface area contributed by atoms with E-state index in [1.807, 2.05) is 32.3 Å². The van der Waals surface area contributed by atoms with Crippen LogP contribution in [0.2, 0.25) is 0 Å². The molecule has 0 spiro atoms. The molecule has 0 aliphatic rings. The van der Waals surface area contributed by atoms with Crippen LogP contribution >= 0.6 is 11.8 Å². The summed E-state index contributed by atoms with van der Waals surface area (Å²) in [4.78, 5) is 2.98. The summed E-state index contributed by atoms with van der Waals surface area (Å²) in [6, 6.07) is 9.52. The molecule has 3 nitrogen and oxygen atoms in total. The van der Waals surface area contributed by atoms with E-state index in [-0.39, 0.29) is 0 Å². The van der Waals surface area contributed by atoms with Crippen molar-refractivity contribution in [2.45, 2.75) is 4.90 Å². The van der Waals surface area contributed by atoms with Crippen LogP contribution in [0.15, 0.2) is 23.1 Å². The highest BCUT2D eigenvalue weighted by atomic mass is 32.2. The predicted molar refractivity (Wildman–Crippen MR) is 65.2 cm³/mol. The molecule has 0 saturated carbocycles. The van der Waals surface area contributed by atoms with Gasteiger partial charge < -0.3 is 4.90 Å². The highest BCUT2D eigenvalue weighted by Crippen LogP contribution is 2.24. The van der Waals surface area contributed by atoms with Crippen LogP contribution in [-0.4, -0.2) is 31.3 Å². The van der Waals surface area contributed by atoms with Crippen molar-refractivity contribution < 1.29 is 0 Å². The van der Waals surface area contributed by atoms with Crippen molar-refractivity contribution in [1.29, 1.82) is 10.5 Å².